The highest BCUT2D eigenvalue weighted by molar-refractivity contribution is 5.92. The van der Waals surface area contributed by atoms with Crippen molar-refractivity contribution in [1.82, 2.24) is 4.90 Å². The lowest BCUT2D eigenvalue weighted by Crippen LogP contribution is -2.35. The highest BCUT2D eigenvalue weighted by Gasteiger charge is 2.17. The molecule has 0 spiro atoms. The summed E-state index contributed by atoms with van der Waals surface area (Å²) in [4.78, 5) is 26.0. The second-order valence-electron chi connectivity index (χ2n) is 6.84. The van der Waals surface area contributed by atoms with E-state index in [0.717, 1.165) is 12.0 Å². The normalized spacial score (nSPS) is 10.4. The molecule has 0 bridgehead atoms. The van der Waals surface area contributed by atoms with E-state index in [4.69, 9.17) is 14.2 Å². The van der Waals surface area contributed by atoms with Crippen molar-refractivity contribution in [2.45, 2.75) is 34.1 Å². The molecule has 0 saturated heterocycles. The number of methoxy groups -OCH3 is 1. The topological polar surface area (TPSA) is 65.1 Å². The summed E-state index contributed by atoms with van der Waals surface area (Å²) in [7, 11) is 1.51. The largest absolute Gasteiger partial charge is 0.493 e. The first-order valence-corrected chi connectivity index (χ1v) is 9.18. The van der Waals surface area contributed by atoms with Gasteiger partial charge in [0.25, 0.3) is 5.91 Å². The van der Waals surface area contributed by atoms with Gasteiger partial charge in [0.15, 0.2) is 18.1 Å². The van der Waals surface area contributed by atoms with Gasteiger partial charge in [0.2, 0.25) is 0 Å². The number of likely N-dealkylation sites (N-methyl/N-ethyl adjacent to an activating group) is 1. The van der Waals surface area contributed by atoms with Crippen LogP contribution in [0.25, 0.3) is 0 Å². The van der Waals surface area contributed by atoms with Gasteiger partial charge in [-0.2, -0.15) is 0 Å². The van der Waals surface area contributed by atoms with Crippen molar-refractivity contribution in [2.24, 2.45) is 5.92 Å². The first kappa shape index (κ1) is 22.5. The molecule has 0 heterocycles. The van der Waals surface area contributed by atoms with Gasteiger partial charge in [0.1, 0.15) is 0 Å². The molecule has 1 aromatic rings. The fourth-order valence-corrected chi connectivity index (χ4v) is 2.32. The van der Waals surface area contributed by atoms with Gasteiger partial charge in [0.05, 0.1) is 19.3 Å². The summed E-state index contributed by atoms with van der Waals surface area (Å²) in [5.41, 5.74) is 1.17. The second kappa shape index (κ2) is 11.3. The molecule has 0 radical (unpaired) electrons. The molecule has 6 nitrogen and oxygen atoms in total. The average molecular weight is 377 g/mol. The van der Waals surface area contributed by atoms with Crippen LogP contribution in [0, 0.1) is 5.92 Å². The predicted molar refractivity (Wildman–Crippen MR) is 105 cm³/mol. The molecular weight excluding hydrogens is 346 g/mol. The van der Waals surface area contributed by atoms with E-state index in [2.05, 4.69) is 20.4 Å². The quantitative estimate of drug-likeness (QED) is 0.435. The molecule has 0 aliphatic rings. The summed E-state index contributed by atoms with van der Waals surface area (Å²) in [5, 5.41) is 0. The molecule has 0 fully saturated rings. The maximum Gasteiger partial charge on any atom is 0.338 e. The summed E-state index contributed by atoms with van der Waals surface area (Å²) < 4.78 is 16.2. The smallest absolute Gasteiger partial charge is 0.338 e. The predicted octanol–water partition coefficient (Wildman–Crippen LogP) is 3.70. The van der Waals surface area contributed by atoms with Gasteiger partial charge in [-0.15, -0.1) is 0 Å². The summed E-state index contributed by atoms with van der Waals surface area (Å²) in [6.45, 7) is 13.0. The van der Waals surface area contributed by atoms with E-state index < -0.39 is 5.97 Å². The molecule has 0 aliphatic carbocycles. The molecule has 0 aliphatic heterocycles. The van der Waals surface area contributed by atoms with E-state index in [1.54, 1.807) is 23.1 Å². The number of rotatable bonds is 11. The zero-order chi connectivity index (χ0) is 20.4. The number of benzene rings is 1. The molecule has 0 atom stereocenters. The molecule has 0 aromatic heterocycles. The Bertz CT molecular complexity index is 654. The Labute approximate surface area is 162 Å². The Morgan fingerprint density at radius 2 is 1.93 bits per heavy atom. The summed E-state index contributed by atoms with van der Waals surface area (Å²) in [6.07, 6.45) is 0.924. The fraction of sp³-hybridized carbons (Fsp3) is 0.524. The van der Waals surface area contributed by atoms with E-state index in [1.807, 2.05) is 13.8 Å². The summed E-state index contributed by atoms with van der Waals surface area (Å²) in [6, 6.07) is 4.84. The van der Waals surface area contributed by atoms with Crippen LogP contribution in [0.2, 0.25) is 0 Å². The minimum Gasteiger partial charge on any atom is -0.493 e. The van der Waals surface area contributed by atoms with E-state index in [1.165, 1.54) is 7.11 Å². The third-order valence-corrected chi connectivity index (χ3v) is 3.87. The maximum atomic E-state index is 12.3. The van der Waals surface area contributed by atoms with Gasteiger partial charge < -0.3 is 19.1 Å². The van der Waals surface area contributed by atoms with Gasteiger partial charge in [-0.1, -0.05) is 26.0 Å². The minimum absolute atomic E-state index is 0.255. The second-order valence-corrected chi connectivity index (χ2v) is 6.84. The zero-order valence-electron chi connectivity index (χ0n) is 17.0. The Morgan fingerprint density at radius 1 is 1.22 bits per heavy atom. The van der Waals surface area contributed by atoms with Gasteiger partial charge in [-0.05, 0) is 44.4 Å². The van der Waals surface area contributed by atoms with Crippen molar-refractivity contribution in [3.8, 4) is 11.5 Å². The molecular formula is C21H31NO5. The maximum absolute atomic E-state index is 12.3. The van der Waals surface area contributed by atoms with Crippen LogP contribution >= 0.6 is 0 Å². The highest BCUT2D eigenvalue weighted by Crippen LogP contribution is 2.28. The number of hydrogen-bond acceptors (Lipinski definition) is 5. The van der Waals surface area contributed by atoms with Crippen LogP contribution in [0.1, 0.15) is 44.5 Å². The molecule has 1 amide bonds. The number of esters is 1. The number of carbonyl (C=O) groups is 2. The van der Waals surface area contributed by atoms with Crippen LogP contribution in [-0.4, -0.2) is 50.2 Å². The Hall–Kier alpha value is -2.50. The molecule has 150 valence electrons. The third-order valence-electron chi connectivity index (χ3n) is 3.87. The number of carbonyl (C=O) groups excluding carboxylic acids is 2. The van der Waals surface area contributed by atoms with Crippen molar-refractivity contribution in [3.05, 3.63) is 35.9 Å². The Morgan fingerprint density at radius 3 is 2.48 bits per heavy atom. The summed E-state index contributed by atoms with van der Waals surface area (Å²) >= 11 is 0. The Kier molecular flexibility index (Phi) is 9.40. The van der Waals surface area contributed by atoms with Crippen molar-refractivity contribution < 1.29 is 23.8 Å². The average Bonchev–Trinajstić information content (AvgIpc) is 2.63. The van der Waals surface area contributed by atoms with Gasteiger partial charge in [-0.3, -0.25) is 4.79 Å². The standard InChI is InChI=1S/C21H31NO5/c1-7-22(13-16(4)5)20(23)14-27-21(24)17-8-9-18(19(12-17)25-6)26-11-10-15(2)3/h8-9,12,15H,4,7,10-11,13-14H2,1-3,5-6H3. The van der Waals surface area contributed by atoms with E-state index >= 15 is 0 Å². The lowest BCUT2D eigenvalue weighted by Gasteiger charge is -2.20. The molecule has 0 saturated carbocycles. The first-order chi connectivity index (χ1) is 12.8. The molecule has 0 unspecified atom stereocenters. The fourth-order valence-electron chi connectivity index (χ4n) is 2.32. The third kappa shape index (κ3) is 7.72. The van der Waals surface area contributed by atoms with Gasteiger partial charge in [-0.25, -0.2) is 4.79 Å². The van der Waals surface area contributed by atoms with E-state index in [-0.39, 0.29) is 12.5 Å². The van der Waals surface area contributed by atoms with Crippen LogP contribution in [-0.2, 0) is 9.53 Å². The SMILES string of the molecule is C=C(C)CN(CC)C(=O)COC(=O)c1ccc(OCCC(C)C)c(OC)c1. The molecule has 6 heteroatoms. The van der Waals surface area contributed by atoms with Crippen LogP contribution in [0.15, 0.2) is 30.4 Å². The molecule has 27 heavy (non-hydrogen) atoms. The number of nitrogens with zero attached hydrogens (tertiary/aromatic N) is 1. The highest BCUT2D eigenvalue weighted by atomic mass is 16.5. The minimum atomic E-state index is -0.582. The monoisotopic (exact) mass is 377 g/mol. The zero-order valence-corrected chi connectivity index (χ0v) is 17.0. The number of hydrogen-bond donors (Lipinski definition) is 0. The number of ether oxygens (including phenoxy) is 3. The van der Waals surface area contributed by atoms with Gasteiger partial charge >= 0.3 is 5.97 Å². The molecule has 0 N–H and O–H groups in total. The van der Waals surface area contributed by atoms with Crippen molar-refractivity contribution in [3.63, 3.8) is 0 Å². The van der Waals surface area contributed by atoms with Crippen LogP contribution in [0.4, 0.5) is 0 Å². The van der Waals surface area contributed by atoms with Crippen LogP contribution in [0.3, 0.4) is 0 Å². The molecule has 1 aromatic carbocycles. The van der Waals surface area contributed by atoms with Crippen molar-refractivity contribution >= 4 is 11.9 Å². The van der Waals surface area contributed by atoms with Crippen LogP contribution < -0.4 is 9.47 Å². The Balaban J connectivity index is 2.69. The number of amides is 1. The van der Waals surface area contributed by atoms with E-state index in [0.29, 0.717) is 42.7 Å². The first-order valence-electron chi connectivity index (χ1n) is 9.18. The summed E-state index contributed by atoms with van der Waals surface area (Å²) in [5.74, 6) is 0.730. The van der Waals surface area contributed by atoms with Gasteiger partial charge in [0, 0.05) is 13.1 Å². The lowest BCUT2D eigenvalue weighted by atomic mass is 10.1. The lowest BCUT2D eigenvalue weighted by molar-refractivity contribution is -0.133. The van der Waals surface area contributed by atoms with Crippen molar-refractivity contribution in [2.75, 3.05) is 33.4 Å². The molecule has 1 rings (SSSR count). The van der Waals surface area contributed by atoms with Crippen LogP contribution in [0.5, 0.6) is 11.5 Å². The van der Waals surface area contributed by atoms with Crippen molar-refractivity contribution in [1.29, 1.82) is 0 Å². The van der Waals surface area contributed by atoms with E-state index in [9.17, 15) is 9.59 Å².